The van der Waals surface area contributed by atoms with E-state index in [2.05, 4.69) is 0 Å². The molecule has 4 heteroatoms. The average molecular weight is 244 g/mol. The zero-order valence-corrected chi connectivity index (χ0v) is 9.26. The van der Waals surface area contributed by atoms with E-state index in [4.69, 9.17) is 5.11 Å². The predicted octanol–water partition coefficient (Wildman–Crippen LogP) is 2.75. The molecule has 0 heterocycles. The fraction of sp³-hybridized carbons (Fsp3) is 0. The van der Waals surface area contributed by atoms with Crippen molar-refractivity contribution in [1.82, 2.24) is 0 Å². The number of carboxylic acid groups (broad SMARTS) is 1. The van der Waals surface area contributed by atoms with Crippen LogP contribution in [0.15, 0.2) is 48.5 Å². The zero-order chi connectivity index (χ0) is 13.1. The van der Waals surface area contributed by atoms with Gasteiger partial charge in [0.25, 0.3) is 0 Å². The van der Waals surface area contributed by atoms with E-state index in [-0.39, 0.29) is 16.9 Å². The largest absolute Gasteiger partial charge is 0.478 e. The van der Waals surface area contributed by atoms with E-state index in [1.807, 2.05) is 0 Å². The van der Waals surface area contributed by atoms with Crippen LogP contribution in [0, 0.1) is 5.82 Å². The lowest BCUT2D eigenvalue weighted by molar-refractivity contribution is 0.0697. The molecule has 0 fully saturated rings. The maximum Gasteiger partial charge on any atom is 0.335 e. The highest BCUT2D eigenvalue weighted by Crippen LogP contribution is 2.12. The van der Waals surface area contributed by atoms with Crippen LogP contribution in [0.5, 0.6) is 0 Å². The molecule has 0 unspecified atom stereocenters. The van der Waals surface area contributed by atoms with Gasteiger partial charge in [0, 0.05) is 11.1 Å². The summed E-state index contributed by atoms with van der Waals surface area (Å²) in [6, 6.07) is 10.8. The van der Waals surface area contributed by atoms with Crippen molar-refractivity contribution in [3.8, 4) is 0 Å². The van der Waals surface area contributed by atoms with Crippen LogP contribution in [0.3, 0.4) is 0 Å². The van der Waals surface area contributed by atoms with Crippen LogP contribution in [0.25, 0.3) is 0 Å². The van der Waals surface area contributed by atoms with E-state index in [1.165, 1.54) is 48.5 Å². The SMILES string of the molecule is O=C(O)c1cccc(C(=O)c2ccc(F)cc2)c1. The number of carbonyl (C=O) groups excluding carboxylic acids is 1. The number of carbonyl (C=O) groups is 2. The molecule has 1 N–H and O–H groups in total. The lowest BCUT2D eigenvalue weighted by atomic mass is 10.0. The summed E-state index contributed by atoms with van der Waals surface area (Å²) in [4.78, 5) is 22.8. The first-order valence-corrected chi connectivity index (χ1v) is 5.21. The normalized spacial score (nSPS) is 10.1. The molecule has 0 aliphatic rings. The Morgan fingerprint density at radius 3 is 2.11 bits per heavy atom. The Balaban J connectivity index is 2.37. The van der Waals surface area contributed by atoms with Crippen LogP contribution in [0.2, 0.25) is 0 Å². The van der Waals surface area contributed by atoms with E-state index >= 15 is 0 Å². The molecule has 0 bridgehead atoms. The first kappa shape index (κ1) is 12.0. The smallest absolute Gasteiger partial charge is 0.335 e. The lowest BCUT2D eigenvalue weighted by Gasteiger charge is -2.02. The topological polar surface area (TPSA) is 54.4 Å². The molecule has 0 saturated heterocycles. The van der Waals surface area contributed by atoms with E-state index in [9.17, 15) is 14.0 Å². The number of benzene rings is 2. The maximum absolute atomic E-state index is 12.7. The summed E-state index contributed by atoms with van der Waals surface area (Å²) in [6.07, 6.45) is 0. The van der Waals surface area contributed by atoms with Gasteiger partial charge in [-0.05, 0) is 36.4 Å². The van der Waals surface area contributed by atoms with Gasteiger partial charge in [-0.3, -0.25) is 4.79 Å². The van der Waals surface area contributed by atoms with Crippen molar-refractivity contribution in [3.05, 3.63) is 71.0 Å². The molecule has 2 aromatic rings. The monoisotopic (exact) mass is 244 g/mol. The van der Waals surface area contributed by atoms with Gasteiger partial charge in [0.05, 0.1) is 5.56 Å². The minimum atomic E-state index is -1.09. The van der Waals surface area contributed by atoms with E-state index in [0.29, 0.717) is 5.56 Å². The first-order chi connectivity index (χ1) is 8.58. The fourth-order valence-corrected chi connectivity index (χ4v) is 1.56. The van der Waals surface area contributed by atoms with Crippen molar-refractivity contribution in [2.75, 3.05) is 0 Å². The van der Waals surface area contributed by atoms with Gasteiger partial charge < -0.3 is 5.11 Å². The van der Waals surface area contributed by atoms with E-state index < -0.39 is 11.8 Å². The van der Waals surface area contributed by atoms with Crippen LogP contribution >= 0.6 is 0 Å². The Morgan fingerprint density at radius 1 is 0.889 bits per heavy atom. The van der Waals surface area contributed by atoms with Crippen molar-refractivity contribution in [2.24, 2.45) is 0 Å². The van der Waals surface area contributed by atoms with Gasteiger partial charge in [-0.1, -0.05) is 12.1 Å². The molecule has 0 spiro atoms. The van der Waals surface area contributed by atoms with Crippen molar-refractivity contribution < 1.29 is 19.1 Å². The van der Waals surface area contributed by atoms with Gasteiger partial charge >= 0.3 is 5.97 Å². The molecular weight excluding hydrogens is 235 g/mol. The summed E-state index contributed by atoms with van der Waals surface area (Å²) < 4.78 is 12.7. The third-order valence-corrected chi connectivity index (χ3v) is 2.48. The van der Waals surface area contributed by atoms with Crippen molar-refractivity contribution >= 4 is 11.8 Å². The lowest BCUT2D eigenvalue weighted by Crippen LogP contribution is -2.04. The third kappa shape index (κ3) is 2.43. The number of ketones is 1. The van der Waals surface area contributed by atoms with Gasteiger partial charge in [0.15, 0.2) is 5.78 Å². The number of carboxylic acids is 1. The minimum absolute atomic E-state index is 0.0444. The standard InChI is InChI=1S/C14H9FO3/c15-12-6-4-9(5-7-12)13(16)10-2-1-3-11(8-10)14(17)18/h1-8H,(H,17,18). The molecule has 0 aliphatic carbocycles. The fourth-order valence-electron chi connectivity index (χ4n) is 1.56. The Hall–Kier alpha value is -2.49. The Labute approximate surface area is 103 Å². The number of halogens is 1. The molecule has 18 heavy (non-hydrogen) atoms. The molecule has 0 radical (unpaired) electrons. The zero-order valence-electron chi connectivity index (χ0n) is 9.26. The minimum Gasteiger partial charge on any atom is -0.478 e. The van der Waals surface area contributed by atoms with Crippen molar-refractivity contribution in [2.45, 2.75) is 0 Å². The summed E-state index contributed by atoms with van der Waals surface area (Å²) in [5, 5.41) is 8.84. The van der Waals surface area contributed by atoms with E-state index in [0.717, 1.165) is 0 Å². The Morgan fingerprint density at radius 2 is 1.50 bits per heavy atom. The highest BCUT2D eigenvalue weighted by atomic mass is 19.1. The molecule has 0 aromatic heterocycles. The van der Waals surface area contributed by atoms with Crippen LogP contribution in [0.4, 0.5) is 4.39 Å². The summed E-state index contributed by atoms with van der Waals surface area (Å²) in [7, 11) is 0. The van der Waals surface area contributed by atoms with Crippen LogP contribution in [-0.2, 0) is 0 Å². The third-order valence-electron chi connectivity index (χ3n) is 2.48. The van der Waals surface area contributed by atoms with Gasteiger partial charge in [0.1, 0.15) is 5.82 Å². The number of rotatable bonds is 3. The summed E-state index contributed by atoms with van der Waals surface area (Å²) in [5.41, 5.74) is 0.628. The van der Waals surface area contributed by atoms with Crippen LogP contribution < -0.4 is 0 Å². The van der Waals surface area contributed by atoms with Crippen molar-refractivity contribution in [1.29, 1.82) is 0 Å². The van der Waals surface area contributed by atoms with Gasteiger partial charge in [-0.2, -0.15) is 0 Å². The maximum atomic E-state index is 12.7. The van der Waals surface area contributed by atoms with Gasteiger partial charge in [-0.25, -0.2) is 9.18 Å². The first-order valence-electron chi connectivity index (χ1n) is 5.21. The quantitative estimate of drug-likeness (QED) is 0.844. The number of hydrogen-bond acceptors (Lipinski definition) is 2. The summed E-state index contributed by atoms with van der Waals surface area (Å²) in [6.45, 7) is 0. The molecule has 0 saturated carbocycles. The highest BCUT2D eigenvalue weighted by molar-refractivity contribution is 6.09. The molecule has 2 aromatic carbocycles. The van der Waals surface area contributed by atoms with Crippen LogP contribution in [-0.4, -0.2) is 16.9 Å². The second-order valence-corrected chi connectivity index (χ2v) is 3.72. The predicted molar refractivity (Wildman–Crippen MR) is 63.2 cm³/mol. The second-order valence-electron chi connectivity index (χ2n) is 3.72. The summed E-state index contributed by atoms with van der Waals surface area (Å²) in [5.74, 6) is -1.85. The number of hydrogen-bond donors (Lipinski definition) is 1. The Bertz CT molecular complexity index is 603. The molecule has 0 atom stereocenters. The molecule has 0 aliphatic heterocycles. The number of aromatic carboxylic acids is 1. The molecule has 2 rings (SSSR count). The average Bonchev–Trinajstić information content (AvgIpc) is 2.39. The highest BCUT2D eigenvalue weighted by Gasteiger charge is 2.11. The molecule has 90 valence electrons. The molecule has 0 amide bonds. The molecular formula is C14H9FO3. The van der Waals surface area contributed by atoms with E-state index in [1.54, 1.807) is 0 Å². The van der Waals surface area contributed by atoms with Gasteiger partial charge in [-0.15, -0.1) is 0 Å². The van der Waals surface area contributed by atoms with Crippen LogP contribution in [0.1, 0.15) is 26.3 Å². The van der Waals surface area contributed by atoms with Gasteiger partial charge in [0.2, 0.25) is 0 Å². The second kappa shape index (κ2) is 4.79. The molecule has 3 nitrogen and oxygen atoms in total. The summed E-state index contributed by atoms with van der Waals surface area (Å²) >= 11 is 0. The Kier molecular flexibility index (Phi) is 3.19. The van der Waals surface area contributed by atoms with Crippen molar-refractivity contribution in [3.63, 3.8) is 0 Å².